The Kier molecular flexibility index (Phi) is 2.08. The maximum Gasteiger partial charge on any atom is 0.165 e. The molecule has 1 N–H and O–H groups in total. The lowest BCUT2D eigenvalue weighted by Gasteiger charge is -2.02. The molecule has 0 saturated carbocycles. The van der Waals surface area contributed by atoms with Gasteiger partial charge in [-0.1, -0.05) is 6.92 Å². The van der Waals surface area contributed by atoms with Crippen LogP contribution >= 0.6 is 0 Å². The van der Waals surface area contributed by atoms with Crippen molar-refractivity contribution in [3.8, 4) is 5.75 Å². The summed E-state index contributed by atoms with van der Waals surface area (Å²) < 4.78 is 25.2. The van der Waals surface area contributed by atoms with Crippen molar-refractivity contribution in [3.05, 3.63) is 29.3 Å². The molecule has 1 aromatic rings. The van der Waals surface area contributed by atoms with Crippen LogP contribution in [0.2, 0.25) is 0 Å². The molecule has 0 aliphatic rings. The van der Waals surface area contributed by atoms with Gasteiger partial charge in [-0.2, -0.15) is 0 Å². The van der Waals surface area contributed by atoms with Crippen molar-refractivity contribution in [2.75, 3.05) is 0 Å². The van der Waals surface area contributed by atoms with Gasteiger partial charge in [0.25, 0.3) is 0 Å². The zero-order valence-electron chi connectivity index (χ0n) is 6.06. The fraction of sp³-hybridized carbons (Fsp3) is 0.250. The number of hydrogen-bond acceptors (Lipinski definition) is 1. The molecule has 1 rings (SSSR count). The fourth-order valence-electron chi connectivity index (χ4n) is 0.919. The largest absolute Gasteiger partial charge is 0.505 e. The summed E-state index contributed by atoms with van der Waals surface area (Å²) in [4.78, 5) is 0. The zero-order valence-corrected chi connectivity index (χ0v) is 6.06. The molecule has 0 fully saturated rings. The third-order valence-electron chi connectivity index (χ3n) is 1.53. The topological polar surface area (TPSA) is 20.2 Å². The molecule has 0 aliphatic carbocycles. The number of benzene rings is 1. The smallest absolute Gasteiger partial charge is 0.165 e. The van der Waals surface area contributed by atoms with Crippen molar-refractivity contribution in [3.63, 3.8) is 0 Å². The van der Waals surface area contributed by atoms with Crippen molar-refractivity contribution >= 4 is 0 Å². The Morgan fingerprint density at radius 1 is 1.27 bits per heavy atom. The maximum absolute atomic E-state index is 12.7. The number of phenolic OH excluding ortho intramolecular Hbond substituents is 1. The Hall–Kier alpha value is -1.12. The van der Waals surface area contributed by atoms with Crippen molar-refractivity contribution in [1.29, 1.82) is 0 Å². The number of phenols is 1. The average molecular weight is 158 g/mol. The molecule has 3 heteroatoms. The first-order chi connectivity index (χ1) is 5.16. The monoisotopic (exact) mass is 158 g/mol. The van der Waals surface area contributed by atoms with Crippen LogP contribution in [0.3, 0.4) is 0 Å². The number of halogens is 2. The van der Waals surface area contributed by atoms with E-state index in [1.165, 1.54) is 0 Å². The second kappa shape index (κ2) is 2.86. The Morgan fingerprint density at radius 3 is 2.27 bits per heavy atom. The molecule has 0 bridgehead atoms. The summed E-state index contributed by atoms with van der Waals surface area (Å²) >= 11 is 0. The molecule has 0 saturated heterocycles. The lowest BCUT2D eigenvalue weighted by Crippen LogP contribution is -1.90. The van der Waals surface area contributed by atoms with E-state index in [0.717, 1.165) is 12.1 Å². The minimum atomic E-state index is -0.775. The molecule has 60 valence electrons. The standard InChI is InChI=1S/C8H8F2O/c1-2-5-6(9)3-4-7(10)8(5)11/h3-4,11H,2H2,1H3. The molecule has 0 amide bonds. The molecule has 0 heterocycles. The summed E-state index contributed by atoms with van der Waals surface area (Å²) in [6, 6.07) is 1.91. The van der Waals surface area contributed by atoms with Gasteiger partial charge in [-0.05, 0) is 18.6 Å². The molecule has 0 spiro atoms. The Balaban J connectivity index is 3.29. The van der Waals surface area contributed by atoms with Crippen molar-refractivity contribution < 1.29 is 13.9 Å². The highest BCUT2D eigenvalue weighted by Crippen LogP contribution is 2.23. The first kappa shape index (κ1) is 7.98. The van der Waals surface area contributed by atoms with Crippen LogP contribution in [0, 0.1) is 11.6 Å². The van der Waals surface area contributed by atoms with E-state index < -0.39 is 17.4 Å². The second-order valence-electron chi connectivity index (χ2n) is 2.21. The van der Waals surface area contributed by atoms with Crippen LogP contribution in [0.25, 0.3) is 0 Å². The molecule has 0 radical (unpaired) electrons. The molecule has 0 aromatic heterocycles. The summed E-state index contributed by atoms with van der Waals surface area (Å²) in [6.07, 6.45) is 0.287. The molecule has 1 nitrogen and oxygen atoms in total. The van der Waals surface area contributed by atoms with E-state index in [2.05, 4.69) is 0 Å². The van der Waals surface area contributed by atoms with Crippen LogP contribution in [-0.4, -0.2) is 5.11 Å². The van der Waals surface area contributed by atoms with E-state index in [1.807, 2.05) is 0 Å². The lowest BCUT2D eigenvalue weighted by molar-refractivity contribution is 0.418. The Morgan fingerprint density at radius 2 is 1.82 bits per heavy atom. The summed E-state index contributed by atoms with van der Waals surface area (Å²) in [5, 5.41) is 8.96. The minimum absolute atomic E-state index is 0.0324. The SMILES string of the molecule is CCc1c(F)ccc(F)c1O. The Labute approximate surface area is 63.3 Å². The van der Waals surface area contributed by atoms with Crippen LogP contribution in [0.15, 0.2) is 12.1 Å². The van der Waals surface area contributed by atoms with Crippen LogP contribution in [-0.2, 0) is 6.42 Å². The van der Waals surface area contributed by atoms with Gasteiger partial charge in [-0.25, -0.2) is 8.78 Å². The maximum atomic E-state index is 12.7. The molecule has 0 atom stereocenters. The molecule has 0 aliphatic heterocycles. The van der Waals surface area contributed by atoms with E-state index >= 15 is 0 Å². The van der Waals surface area contributed by atoms with Gasteiger partial charge in [0, 0.05) is 5.56 Å². The molecular weight excluding hydrogens is 150 g/mol. The van der Waals surface area contributed by atoms with E-state index in [0.29, 0.717) is 0 Å². The summed E-state index contributed by atoms with van der Waals surface area (Å²) in [6.45, 7) is 1.65. The van der Waals surface area contributed by atoms with Crippen LogP contribution in [0.4, 0.5) is 8.78 Å². The summed E-state index contributed by atoms with van der Waals surface area (Å²) in [5.41, 5.74) is 0.0324. The molecular formula is C8H8F2O. The lowest BCUT2D eigenvalue weighted by atomic mass is 10.1. The van der Waals surface area contributed by atoms with Gasteiger partial charge in [-0.3, -0.25) is 0 Å². The Bertz CT molecular complexity index is 271. The van der Waals surface area contributed by atoms with Gasteiger partial charge in [0.15, 0.2) is 11.6 Å². The minimum Gasteiger partial charge on any atom is -0.505 e. The third-order valence-corrected chi connectivity index (χ3v) is 1.53. The highest BCUT2D eigenvalue weighted by Gasteiger charge is 2.09. The third kappa shape index (κ3) is 1.31. The van der Waals surface area contributed by atoms with E-state index in [4.69, 9.17) is 5.11 Å². The predicted molar refractivity (Wildman–Crippen MR) is 37.4 cm³/mol. The van der Waals surface area contributed by atoms with E-state index in [1.54, 1.807) is 6.92 Å². The quantitative estimate of drug-likeness (QED) is 0.664. The van der Waals surface area contributed by atoms with Crippen molar-refractivity contribution in [2.24, 2.45) is 0 Å². The van der Waals surface area contributed by atoms with E-state index in [9.17, 15) is 8.78 Å². The number of aromatic hydroxyl groups is 1. The van der Waals surface area contributed by atoms with Crippen LogP contribution < -0.4 is 0 Å². The van der Waals surface area contributed by atoms with E-state index in [-0.39, 0.29) is 12.0 Å². The number of rotatable bonds is 1. The number of hydrogen-bond donors (Lipinski definition) is 1. The molecule has 0 unspecified atom stereocenters. The fourth-order valence-corrected chi connectivity index (χ4v) is 0.919. The van der Waals surface area contributed by atoms with Crippen LogP contribution in [0.5, 0.6) is 5.75 Å². The van der Waals surface area contributed by atoms with Crippen molar-refractivity contribution in [2.45, 2.75) is 13.3 Å². The summed E-state index contributed by atoms with van der Waals surface area (Å²) in [5.74, 6) is -1.91. The molecule has 11 heavy (non-hydrogen) atoms. The summed E-state index contributed by atoms with van der Waals surface area (Å²) in [7, 11) is 0. The predicted octanol–water partition coefficient (Wildman–Crippen LogP) is 2.23. The van der Waals surface area contributed by atoms with Gasteiger partial charge >= 0.3 is 0 Å². The first-order valence-electron chi connectivity index (χ1n) is 3.32. The van der Waals surface area contributed by atoms with Gasteiger partial charge in [0.05, 0.1) is 0 Å². The molecule has 1 aromatic carbocycles. The average Bonchev–Trinajstić information content (AvgIpc) is 1.99. The normalized spacial score (nSPS) is 10.1. The van der Waals surface area contributed by atoms with Gasteiger partial charge in [-0.15, -0.1) is 0 Å². The second-order valence-corrected chi connectivity index (χ2v) is 2.21. The van der Waals surface area contributed by atoms with Gasteiger partial charge < -0.3 is 5.11 Å². The highest BCUT2D eigenvalue weighted by atomic mass is 19.1. The zero-order chi connectivity index (χ0) is 8.43. The van der Waals surface area contributed by atoms with Gasteiger partial charge in [0.2, 0.25) is 0 Å². The van der Waals surface area contributed by atoms with Crippen molar-refractivity contribution in [1.82, 2.24) is 0 Å². The first-order valence-corrected chi connectivity index (χ1v) is 3.32. The van der Waals surface area contributed by atoms with Gasteiger partial charge in [0.1, 0.15) is 5.82 Å². The highest BCUT2D eigenvalue weighted by molar-refractivity contribution is 5.34. The van der Waals surface area contributed by atoms with Crippen LogP contribution in [0.1, 0.15) is 12.5 Å².